The van der Waals surface area contributed by atoms with Crippen molar-refractivity contribution in [2.45, 2.75) is 44.6 Å². The first-order valence-electron chi connectivity index (χ1n) is 8.76. The van der Waals surface area contributed by atoms with Gasteiger partial charge in [-0.25, -0.2) is 4.39 Å². The third-order valence-corrected chi connectivity index (χ3v) is 5.78. The molecule has 1 aliphatic rings. The van der Waals surface area contributed by atoms with E-state index in [4.69, 9.17) is 4.74 Å². The summed E-state index contributed by atoms with van der Waals surface area (Å²) in [6.07, 6.45) is 4.12. The highest BCUT2D eigenvalue weighted by molar-refractivity contribution is 7.99. The van der Waals surface area contributed by atoms with Gasteiger partial charge in [-0.3, -0.25) is 4.57 Å². The number of hydrogen-bond acceptors (Lipinski definition) is 5. The molecule has 1 atom stereocenters. The molecule has 136 valence electrons. The predicted molar refractivity (Wildman–Crippen MR) is 99.9 cm³/mol. The third-order valence-electron chi connectivity index (χ3n) is 4.64. The summed E-state index contributed by atoms with van der Waals surface area (Å²) >= 11 is 1.94. The Bertz CT molecular complexity index is 700. The first-order chi connectivity index (χ1) is 12.1. The quantitative estimate of drug-likeness (QED) is 0.777. The van der Waals surface area contributed by atoms with Gasteiger partial charge in [-0.05, 0) is 45.1 Å². The number of anilines is 1. The van der Waals surface area contributed by atoms with Crippen LogP contribution in [0.3, 0.4) is 0 Å². The average molecular weight is 364 g/mol. The minimum atomic E-state index is -0.373. The number of rotatable bonds is 6. The van der Waals surface area contributed by atoms with Gasteiger partial charge < -0.3 is 9.64 Å². The Labute approximate surface area is 152 Å². The van der Waals surface area contributed by atoms with Gasteiger partial charge in [0, 0.05) is 24.9 Å². The second kappa shape index (κ2) is 8.08. The normalized spacial score (nSPS) is 16.9. The molecule has 0 aliphatic carbocycles. The Morgan fingerprint density at radius 3 is 2.64 bits per heavy atom. The third kappa shape index (κ3) is 3.92. The Hall–Kier alpha value is -1.76. The summed E-state index contributed by atoms with van der Waals surface area (Å²) in [7, 11) is 0. The minimum Gasteiger partial charge on any atom is -0.480 e. The molecule has 2 aromatic rings. The highest BCUT2D eigenvalue weighted by atomic mass is 32.2. The molecule has 1 unspecified atom stereocenters. The van der Waals surface area contributed by atoms with Crippen LogP contribution in [0.5, 0.6) is 5.75 Å². The van der Waals surface area contributed by atoms with E-state index in [2.05, 4.69) is 32.8 Å². The van der Waals surface area contributed by atoms with E-state index in [-0.39, 0.29) is 17.7 Å². The maximum absolute atomic E-state index is 13.8. The topological polar surface area (TPSA) is 43.2 Å². The number of piperidine rings is 1. The van der Waals surface area contributed by atoms with Crippen LogP contribution in [0, 0.1) is 5.82 Å². The zero-order valence-corrected chi connectivity index (χ0v) is 15.8. The van der Waals surface area contributed by atoms with Crippen LogP contribution >= 0.6 is 11.8 Å². The number of benzene rings is 1. The molecule has 3 rings (SSSR count). The summed E-state index contributed by atoms with van der Waals surface area (Å²) in [6.45, 7) is 6.69. The fraction of sp³-hybridized carbons (Fsp3) is 0.556. The molecule has 0 N–H and O–H groups in total. The van der Waals surface area contributed by atoms with Gasteiger partial charge in [0.2, 0.25) is 5.95 Å². The second-order valence-electron chi connectivity index (χ2n) is 6.22. The smallest absolute Gasteiger partial charge is 0.227 e. The van der Waals surface area contributed by atoms with Gasteiger partial charge in [0.15, 0.2) is 23.5 Å². The van der Waals surface area contributed by atoms with Gasteiger partial charge >= 0.3 is 0 Å². The zero-order valence-electron chi connectivity index (χ0n) is 15.0. The highest BCUT2D eigenvalue weighted by Crippen LogP contribution is 2.28. The molecule has 1 aromatic heterocycles. The van der Waals surface area contributed by atoms with Gasteiger partial charge in [0.1, 0.15) is 0 Å². The van der Waals surface area contributed by atoms with Crippen molar-refractivity contribution in [1.29, 1.82) is 0 Å². The van der Waals surface area contributed by atoms with E-state index in [0.717, 1.165) is 49.5 Å². The van der Waals surface area contributed by atoms with Crippen molar-refractivity contribution >= 4 is 17.7 Å². The summed E-state index contributed by atoms with van der Waals surface area (Å²) in [5, 5.41) is 9.48. The van der Waals surface area contributed by atoms with E-state index in [1.54, 1.807) is 18.2 Å². The largest absolute Gasteiger partial charge is 0.480 e. The molecule has 0 amide bonds. The second-order valence-corrected chi connectivity index (χ2v) is 7.35. The fourth-order valence-electron chi connectivity index (χ4n) is 3.22. The number of hydrogen-bond donors (Lipinski definition) is 0. The van der Waals surface area contributed by atoms with E-state index in [1.165, 1.54) is 6.07 Å². The van der Waals surface area contributed by atoms with Crippen molar-refractivity contribution in [2.75, 3.05) is 24.2 Å². The van der Waals surface area contributed by atoms with Crippen LogP contribution in [0.2, 0.25) is 0 Å². The standard InChI is InChI=1S/C18H25FN4OS/c1-4-23-17(13(2)24-16-8-6-5-7-15(16)19)20-21-18(23)22-11-9-14(25-3)10-12-22/h5-8,13-14H,4,9-12H2,1-3H3. The van der Waals surface area contributed by atoms with Crippen molar-refractivity contribution in [3.05, 3.63) is 35.9 Å². The van der Waals surface area contributed by atoms with Crippen molar-refractivity contribution in [3.63, 3.8) is 0 Å². The highest BCUT2D eigenvalue weighted by Gasteiger charge is 2.25. The maximum atomic E-state index is 13.8. The van der Waals surface area contributed by atoms with Crippen LogP contribution in [0.1, 0.15) is 38.6 Å². The average Bonchev–Trinajstić information content (AvgIpc) is 3.08. The Balaban J connectivity index is 1.76. The molecule has 1 aliphatic heterocycles. The zero-order chi connectivity index (χ0) is 17.8. The van der Waals surface area contributed by atoms with Gasteiger partial charge in [0.05, 0.1) is 0 Å². The van der Waals surface area contributed by atoms with Gasteiger partial charge in [0.25, 0.3) is 0 Å². The van der Waals surface area contributed by atoms with E-state index in [9.17, 15) is 4.39 Å². The number of nitrogens with zero attached hydrogens (tertiary/aromatic N) is 4. The Morgan fingerprint density at radius 2 is 2.00 bits per heavy atom. The van der Waals surface area contributed by atoms with Gasteiger partial charge in [-0.2, -0.15) is 11.8 Å². The lowest BCUT2D eigenvalue weighted by molar-refractivity contribution is 0.201. The van der Waals surface area contributed by atoms with Gasteiger partial charge in [-0.1, -0.05) is 12.1 Å². The number of aromatic nitrogens is 3. The molecule has 0 saturated carbocycles. The van der Waals surface area contributed by atoms with Crippen LogP contribution in [-0.4, -0.2) is 39.4 Å². The van der Waals surface area contributed by atoms with Crippen molar-refractivity contribution in [1.82, 2.24) is 14.8 Å². The van der Waals surface area contributed by atoms with Crippen molar-refractivity contribution in [3.8, 4) is 5.75 Å². The lowest BCUT2D eigenvalue weighted by atomic mass is 10.1. The molecular weight excluding hydrogens is 339 g/mol. The van der Waals surface area contributed by atoms with E-state index < -0.39 is 0 Å². The lowest BCUT2D eigenvalue weighted by Crippen LogP contribution is -2.36. The first-order valence-corrected chi connectivity index (χ1v) is 10.0. The molecular formula is C18H25FN4OS. The molecule has 7 heteroatoms. The van der Waals surface area contributed by atoms with Crippen LogP contribution in [0.15, 0.2) is 24.3 Å². The number of para-hydroxylation sites is 1. The summed E-state index contributed by atoms with van der Waals surface area (Å²) in [4.78, 5) is 2.29. The summed E-state index contributed by atoms with van der Waals surface area (Å²) in [5.74, 6) is 1.49. The van der Waals surface area contributed by atoms with Crippen LogP contribution in [0.4, 0.5) is 10.3 Å². The Kier molecular flexibility index (Phi) is 5.83. The SMILES string of the molecule is CCn1c(C(C)Oc2ccccc2F)nnc1N1CCC(SC)CC1. The number of ether oxygens (including phenoxy) is 1. The molecule has 25 heavy (non-hydrogen) atoms. The lowest BCUT2D eigenvalue weighted by Gasteiger charge is -2.32. The van der Waals surface area contributed by atoms with Gasteiger partial charge in [-0.15, -0.1) is 10.2 Å². The Morgan fingerprint density at radius 1 is 1.28 bits per heavy atom. The maximum Gasteiger partial charge on any atom is 0.227 e. The molecule has 5 nitrogen and oxygen atoms in total. The van der Waals surface area contributed by atoms with E-state index in [1.807, 2.05) is 18.7 Å². The van der Waals surface area contributed by atoms with Crippen LogP contribution in [0.25, 0.3) is 0 Å². The molecule has 1 aromatic carbocycles. The molecule has 1 fully saturated rings. The monoisotopic (exact) mass is 364 g/mol. The first kappa shape index (κ1) is 18.0. The van der Waals surface area contributed by atoms with E-state index >= 15 is 0 Å². The van der Waals surface area contributed by atoms with Crippen molar-refractivity contribution in [2.24, 2.45) is 0 Å². The van der Waals surface area contributed by atoms with E-state index in [0.29, 0.717) is 0 Å². The molecule has 1 saturated heterocycles. The van der Waals surface area contributed by atoms with Crippen molar-refractivity contribution < 1.29 is 9.13 Å². The van der Waals surface area contributed by atoms with Crippen LogP contribution < -0.4 is 9.64 Å². The number of thioether (sulfide) groups is 1. The molecule has 0 radical (unpaired) electrons. The van der Waals surface area contributed by atoms with Crippen LogP contribution in [-0.2, 0) is 6.54 Å². The summed E-state index contributed by atoms with van der Waals surface area (Å²) < 4.78 is 21.7. The molecule has 2 heterocycles. The summed E-state index contributed by atoms with van der Waals surface area (Å²) in [5.41, 5.74) is 0. The fourth-order valence-corrected chi connectivity index (χ4v) is 3.90. The molecule has 0 spiro atoms. The molecule has 0 bridgehead atoms. The number of halogens is 1. The predicted octanol–water partition coefficient (Wildman–Crippen LogP) is 3.91. The minimum absolute atomic E-state index is 0.239. The summed E-state index contributed by atoms with van der Waals surface area (Å²) in [6, 6.07) is 6.44.